The van der Waals surface area contributed by atoms with Crippen molar-refractivity contribution in [3.05, 3.63) is 89.0 Å². The Morgan fingerprint density at radius 2 is 1.75 bits per heavy atom. The van der Waals surface area contributed by atoms with Gasteiger partial charge in [-0.15, -0.1) is 0 Å². The summed E-state index contributed by atoms with van der Waals surface area (Å²) >= 11 is 0. The van der Waals surface area contributed by atoms with Crippen LogP contribution >= 0.6 is 0 Å². The largest absolute Gasteiger partial charge is 0.507 e. The summed E-state index contributed by atoms with van der Waals surface area (Å²) in [6.45, 7) is 3.74. The van der Waals surface area contributed by atoms with Gasteiger partial charge in [0.25, 0.3) is 11.7 Å². The molecule has 0 bridgehead atoms. The Kier molecular flexibility index (Phi) is 8.24. The van der Waals surface area contributed by atoms with E-state index >= 15 is 0 Å². The number of likely N-dealkylation sites (tertiary alicyclic amines) is 1. The van der Waals surface area contributed by atoms with E-state index in [1.54, 1.807) is 37.4 Å². The highest BCUT2D eigenvalue weighted by Crippen LogP contribution is 2.43. The van der Waals surface area contributed by atoms with Crippen LogP contribution in [0.2, 0.25) is 0 Å². The zero-order chi connectivity index (χ0) is 28.1. The van der Waals surface area contributed by atoms with Crippen molar-refractivity contribution >= 4 is 17.4 Å². The number of hydrogen-bond donors (Lipinski definition) is 1. The van der Waals surface area contributed by atoms with E-state index < -0.39 is 17.7 Å². The molecule has 5 rings (SSSR count). The number of Topliss-reactive ketones (excluding diaryl/α,β-unsaturated/α-hetero) is 1. The standard InChI is InChI=1S/C32H33NO7/c1-3-4-16-38-24-12-10-22(19-26(24)37-2)29-28(30(34)23-11-13-25-27(20-23)40-18-17-39-25)31(35)32(36)33(29)15-14-21-8-6-5-7-9-21/h5-13,19-20,29,34H,3-4,14-18H2,1-2H3. The number of carbonyl (C=O) groups excluding carboxylic acids is 2. The van der Waals surface area contributed by atoms with Crippen molar-refractivity contribution in [3.8, 4) is 23.0 Å². The number of unbranched alkanes of at least 4 members (excludes halogenated alkanes) is 1. The lowest BCUT2D eigenvalue weighted by Gasteiger charge is -2.26. The lowest BCUT2D eigenvalue weighted by atomic mass is 9.94. The zero-order valence-electron chi connectivity index (χ0n) is 22.7. The van der Waals surface area contributed by atoms with Gasteiger partial charge < -0.3 is 29.0 Å². The van der Waals surface area contributed by atoms with Gasteiger partial charge in [-0.3, -0.25) is 9.59 Å². The minimum absolute atomic E-state index is 0.0106. The number of ketones is 1. The van der Waals surface area contributed by atoms with Gasteiger partial charge in [-0.2, -0.15) is 0 Å². The van der Waals surface area contributed by atoms with Crippen LogP contribution in [0.1, 0.15) is 42.5 Å². The molecule has 0 radical (unpaired) electrons. The van der Waals surface area contributed by atoms with Crippen LogP contribution in [0.15, 0.2) is 72.3 Å². The molecule has 2 heterocycles. The van der Waals surface area contributed by atoms with Gasteiger partial charge in [-0.1, -0.05) is 49.7 Å². The number of benzene rings is 3. The summed E-state index contributed by atoms with van der Waals surface area (Å²) in [5.41, 5.74) is 2.04. The molecule has 1 amide bonds. The van der Waals surface area contributed by atoms with E-state index in [1.807, 2.05) is 36.4 Å². The molecular weight excluding hydrogens is 510 g/mol. The minimum Gasteiger partial charge on any atom is -0.507 e. The van der Waals surface area contributed by atoms with Crippen LogP contribution in [-0.4, -0.2) is 55.2 Å². The van der Waals surface area contributed by atoms with Gasteiger partial charge in [-0.25, -0.2) is 0 Å². The Morgan fingerprint density at radius 3 is 2.50 bits per heavy atom. The minimum atomic E-state index is -0.824. The Hall–Kier alpha value is -4.46. The number of hydrogen-bond acceptors (Lipinski definition) is 7. The molecule has 1 atom stereocenters. The highest BCUT2D eigenvalue weighted by atomic mass is 16.6. The number of amides is 1. The van der Waals surface area contributed by atoms with Crippen LogP contribution in [0.5, 0.6) is 23.0 Å². The third-order valence-electron chi connectivity index (χ3n) is 7.10. The number of methoxy groups -OCH3 is 1. The van der Waals surface area contributed by atoms with Crippen molar-refractivity contribution in [3.63, 3.8) is 0 Å². The Morgan fingerprint density at radius 1 is 0.975 bits per heavy atom. The molecule has 8 heteroatoms. The number of nitrogens with zero attached hydrogens (tertiary/aromatic N) is 1. The normalized spacial score (nSPS) is 17.6. The monoisotopic (exact) mass is 543 g/mol. The summed E-state index contributed by atoms with van der Waals surface area (Å²) in [5.74, 6) is 0.417. The third kappa shape index (κ3) is 5.47. The third-order valence-corrected chi connectivity index (χ3v) is 7.10. The molecule has 3 aromatic carbocycles. The molecule has 208 valence electrons. The highest BCUT2D eigenvalue weighted by molar-refractivity contribution is 6.46. The second-order valence-electron chi connectivity index (χ2n) is 9.70. The fraction of sp³-hybridized carbons (Fsp3) is 0.312. The molecule has 0 spiro atoms. The van der Waals surface area contributed by atoms with E-state index in [9.17, 15) is 14.7 Å². The van der Waals surface area contributed by atoms with E-state index in [-0.39, 0.29) is 17.9 Å². The van der Waals surface area contributed by atoms with Crippen LogP contribution in [-0.2, 0) is 16.0 Å². The molecular formula is C32H33NO7. The van der Waals surface area contributed by atoms with E-state index in [0.29, 0.717) is 60.4 Å². The van der Waals surface area contributed by atoms with Crippen LogP contribution in [0.3, 0.4) is 0 Å². The van der Waals surface area contributed by atoms with Gasteiger partial charge >= 0.3 is 0 Å². The van der Waals surface area contributed by atoms with E-state index in [0.717, 1.165) is 18.4 Å². The molecule has 1 saturated heterocycles. The summed E-state index contributed by atoms with van der Waals surface area (Å²) in [7, 11) is 1.55. The average Bonchev–Trinajstić information content (AvgIpc) is 3.25. The topological polar surface area (TPSA) is 94.5 Å². The number of aliphatic hydroxyl groups excluding tert-OH is 1. The smallest absolute Gasteiger partial charge is 0.295 e. The molecule has 0 saturated carbocycles. The summed E-state index contributed by atoms with van der Waals surface area (Å²) in [5, 5.41) is 11.5. The number of ether oxygens (including phenoxy) is 4. The van der Waals surface area contributed by atoms with E-state index in [1.165, 1.54) is 4.90 Å². The molecule has 2 aliphatic rings. The van der Waals surface area contributed by atoms with Gasteiger partial charge in [0.1, 0.15) is 19.0 Å². The first-order valence-electron chi connectivity index (χ1n) is 13.5. The summed E-state index contributed by atoms with van der Waals surface area (Å²) in [6.07, 6.45) is 2.44. The average molecular weight is 544 g/mol. The lowest BCUT2D eigenvalue weighted by molar-refractivity contribution is -0.139. The number of aliphatic hydroxyl groups is 1. The van der Waals surface area contributed by atoms with Crippen molar-refractivity contribution in [2.75, 3.05) is 33.5 Å². The van der Waals surface area contributed by atoms with Gasteiger partial charge in [0.15, 0.2) is 23.0 Å². The maximum atomic E-state index is 13.5. The summed E-state index contributed by atoms with van der Waals surface area (Å²) < 4.78 is 22.8. The molecule has 1 fully saturated rings. The lowest BCUT2D eigenvalue weighted by Crippen LogP contribution is -2.31. The fourth-order valence-corrected chi connectivity index (χ4v) is 5.00. The Labute approximate surface area is 233 Å². The van der Waals surface area contributed by atoms with Crippen molar-refractivity contribution in [1.82, 2.24) is 4.90 Å². The molecule has 1 unspecified atom stereocenters. The van der Waals surface area contributed by atoms with Gasteiger partial charge in [0.2, 0.25) is 0 Å². The van der Waals surface area contributed by atoms with E-state index in [4.69, 9.17) is 18.9 Å². The molecule has 1 N–H and O–H groups in total. The van der Waals surface area contributed by atoms with Crippen LogP contribution in [0.25, 0.3) is 5.76 Å². The predicted octanol–water partition coefficient (Wildman–Crippen LogP) is 5.31. The van der Waals surface area contributed by atoms with Gasteiger partial charge in [-0.05, 0) is 54.3 Å². The predicted molar refractivity (Wildman–Crippen MR) is 150 cm³/mol. The summed E-state index contributed by atoms with van der Waals surface area (Å²) in [6, 6.07) is 19.3. The highest BCUT2D eigenvalue weighted by Gasteiger charge is 2.46. The SMILES string of the molecule is CCCCOc1ccc(C2C(=C(O)c3ccc4c(c3)OCCO4)C(=O)C(=O)N2CCc2ccccc2)cc1OC. The quantitative estimate of drug-likeness (QED) is 0.160. The maximum Gasteiger partial charge on any atom is 0.295 e. The Balaban J connectivity index is 1.57. The van der Waals surface area contributed by atoms with Gasteiger partial charge in [0, 0.05) is 12.1 Å². The first-order chi connectivity index (χ1) is 19.5. The van der Waals surface area contributed by atoms with Crippen LogP contribution in [0, 0.1) is 0 Å². The maximum absolute atomic E-state index is 13.5. The van der Waals surface area contributed by atoms with Crippen LogP contribution in [0.4, 0.5) is 0 Å². The number of carbonyl (C=O) groups is 2. The van der Waals surface area contributed by atoms with Crippen molar-refractivity contribution in [2.24, 2.45) is 0 Å². The second kappa shape index (κ2) is 12.2. The van der Waals surface area contributed by atoms with E-state index in [2.05, 4.69) is 6.92 Å². The van der Waals surface area contributed by atoms with Crippen molar-refractivity contribution in [2.45, 2.75) is 32.2 Å². The first-order valence-corrected chi connectivity index (χ1v) is 13.5. The van der Waals surface area contributed by atoms with Crippen LogP contribution < -0.4 is 18.9 Å². The Bertz CT molecular complexity index is 1420. The number of rotatable bonds is 10. The molecule has 3 aromatic rings. The summed E-state index contributed by atoms with van der Waals surface area (Å²) in [4.78, 5) is 28.4. The van der Waals surface area contributed by atoms with Crippen molar-refractivity contribution < 1.29 is 33.6 Å². The number of fused-ring (bicyclic) bond motifs is 1. The first kappa shape index (κ1) is 27.1. The zero-order valence-corrected chi connectivity index (χ0v) is 22.7. The fourth-order valence-electron chi connectivity index (χ4n) is 5.00. The molecule has 2 aliphatic heterocycles. The molecule has 0 aromatic heterocycles. The van der Waals surface area contributed by atoms with Gasteiger partial charge in [0.05, 0.1) is 25.3 Å². The van der Waals surface area contributed by atoms with Crippen molar-refractivity contribution in [1.29, 1.82) is 0 Å². The molecule has 8 nitrogen and oxygen atoms in total. The molecule has 40 heavy (non-hydrogen) atoms. The second-order valence-corrected chi connectivity index (χ2v) is 9.70. The molecule has 0 aliphatic carbocycles.